The maximum Gasteiger partial charge on any atom is 0.337 e. The maximum atomic E-state index is 12.6. The minimum Gasteiger partial charge on any atom is -0.493 e. The van der Waals surface area contributed by atoms with E-state index in [0.717, 1.165) is 22.4 Å². The van der Waals surface area contributed by atoms with Gasteiger partial charge in [0.15, 0.2) is 11.5 Å². The number of nitrogens with one attached hydrogen (secondary N) is 1. The Morgan fingerprint density at radius 2 is 1.78 bits per heavy atom. The summed E-state index contributed by atoms with van der Waals surface area (Å²) in [6.07, 6.45) is 0.622. The van der Waals surface area contributed by atoms with Crippen LogP contribution in [-0.2, 0) is 6.42 Å². The second-order valence-electron chi connectivity index (χ2n) is 8.67. The molecule has 1 fully saturated rings. The molecule has 170 valence electrons. The highest BCUT2D eigenvalue weighted by molar-refractivity contribution is 6.14. The van der Waals surface area contributed by atoms with Crippen LogP contribution >= 0.6 is 0 Å². The van der Waals surface area contributed by atoms with Crippen LogP contribution in [0.5, 0.6) is 11.5 Å². The second kappa shape index (κ2) is 8.35. The van der Waals surface area contributed by atoms with E-state index in [4.69, 9.17) is 14.6 Å². The lowest BCUT2D eigenvalue weighted by Crippen LogP contribution is -2.60. The van der Waals surface area contributed by atoms with Gasteiger partial charge < -0.3 is 24.8 Å². The maximum absolute atomic E-state index is 12.6. The van der Waals surface area contributed by atoms with Gasteiger partial charge in [0.25, 0.3) is 0 Å². The predicted octanol–water partition coefficient (Wildman–Crippen LogP) is 2.61. The van der Waals surface area contributed by atoms with Crippen molar-refractivity contribution in [2.24, 2.45) is 5.10 Å². The highest BCUT2D eigenvalue weighted by atomic mass is 16.5. The average molecular weight is 439 g/mol. The Morgan fingerprint density at radius 3 is 2.34 bits per heavy atom. The molecule has 0 aromatic heterocycles. The minimum atomic E-state index is -0.636. The molecular weight excluding hydrogens is 408 g/mol. The number of carbonyl (C=O) groups excluding carboxylic acids is 1. The van der Waals surface area contributed by atoms with E-state index in [-0.39, 0.29) is 12.1 Å². The fourth-order valence-electron chi connectivity index (χ4n) is 4.34. The zero-order chi connectivity index (χ0) is 23.0. The van der Waals surface area contributed by atoms with Crippen molar-refractivity contribution in [2.75, 3.05) is 39.3 Å². The van der Waals surface area contributed by atoms with Crippen molar-refractivity contribution in [1.82, 2.24) is 10.3 Å². The summed E-state index contributed by atoms with van der Waals surface area (Å²) in [6, 6.07) is 11.5. The van der Waals surface area contributed by atoms with E-state index in [9.17, 15) is 9.90 Å². The smallest absolute Gasteiger partial charge is 0.337 e. The van der Waals surface area contributed by atoms with Crippen molar-refractivity contribution >= 4 is 17.4 Å². The Hall–Kier alpha value is -3.26. The molecule has 0 saturated carbocycles. The summed E-state index contributed by atoms with van der Waals surface area (Å²) in [5, 5.41) is 19.0. The van der Waals surface area contributed by atoms with Gasteiger partial charge in [0.05, 0.1) is 31.6 Å². The molecule has 0 spiro atoms. The van der Waals surface area contributed by atoms with Gasteiger partial charge in [-0.1, -0.05) is 12.1 Å². The number of rotatable bonds is 4. The van der Waals surface area contributed by atoms with Crippen LogP contribution in [0.15, 0.2) is 41.5 Å². The van der Waals surface area contributed by atoms with Gasteiger partial charge in [0.1, 0.15) is 0 Å². The quantitative estimate of drug-likeness (QED) is 0.766. The number of nitrogens with zero attached hydrogens (tertiary/aromatic N) is 3. The molecule has 2 aromatic carbocycles. The summed E-state index contributed by atoms with van der Waals surface area (Å²) in [6.45, 7) is 5.02. The normalized spacial score (nSPS) is 19.3. The van der Waals surface area contributed by atoms with Crippen LogP contribution < -0.4 is 19.7 Å². The van der Waals surface area contributed by atoms with Gasteiger partial charge >= 0.3 is 6.03 Å². The number of anilines is 1. The lowest BCUT2D eigenvalue weighted by Gasteiger charge is -2.45. The molecule has 0 unspecified atom stereocenters. The number of ether oxygens (including phenoxy) is 2. The molecule has 8 heteroatoms. The topological polar surface area (TPSA) is 86.6 Å². The van der Waals surface area contributed by atoms with Gasteiger partial charge in [0, 0.05) is 37.0 Å². The molecular formula is C24H30N4O4. The molecule has 0 aliphatic carbocycles. The molecule has 32 heavy (non-hydrogen) atoms. The highest BCUT2D eigenvalue weighted by Gasteiger charge is 2.36. The van der Waals surface area contributed by atoms with Gasteiger partial charge in [-0.05, 0) is 50.1 Å². The van der Waals surface area contributed by atoms with E-state index in [1.54, 1.807) is 21.3 Å². The summed E-state index contributed by atoms with van der Waals surface area (Å²) < 4.78 is 11.0. The first kappa shape index (κ1) is 22.0. The highest BCUT2D eigenvalue weighted by Crippen LogP contribution is 2.35. The fraction of sp³-hybridized carbons (Fsp3) is 0.417. The van der Waals surface area contributed by atoms with Crippen LogP contribution in [0.25, 0.3) is 0 Å². The van der Waals surface area contributed by atoms with Crippen molar-refractivity contribution in [3.63, 3.8) is 0 Å². The number of methoxy groups -OCH3 is 2. The third-order valence-corrected chi connectivity index (χ3v) is 6.00. The van der Waals surface area contributed by atoms with Crippen LogP contribution in [0, 0.1) is 0 Å². The Labute approximate surface area is 188 Å². The lowest BCUT2D eigenvalue weighted by molar-refractivity contribution is 0.0310. The molecule has 8 nitrogen and oxygen atoms in total. The van der Waals surface area contributed by atoms with Crippen molar-refractivity contribution in [3.05, 3.63) is 53.1 Å². The molecule has 2 aromatic rings. The summed E-state index contributed by atoms with van der Waals surface area (Å²) in [5.74, 6) is 1.26. The van der Waals surface area contributed by atoms with E-state index in [0.29, 0.717) is 36.7 Å². The number of hydrazone groups is 1. The first-order valence-electron chi connectivity index (χ1n) is 10.7. The number of urea groups is 1. The Bertz CT molecular complexity index is 1040. The SMILES string of the molecule is CNC(=O)N1N=C(c2ccc(N3CC(C)(O)C3)cc2)c2cc(OC)c(OC)cc2C[C@H]1C. The average Bonchev–Trinajstić information content (AvgIpc) is 2.91. The number of fused-ring (bicyclic) bond motifs is 1. The van der Waals surface area contributed by atoms with Gasteiger partial charge in [-0.3, -0.25) is 0 Å². The summed E-state index contributed by atoms with van der Waals surface area (Å²) in [4.78, 5) is 14.7. The largest absolute Gasteiger partial charge is 0.493 e. The van der Waals surface area contributed by atoms with Gasteiger partial charge in [-0.15, -0.1) is 0 Å². The molecule has 2 aliphatic rings. The molecule has 1 saturated heterocycles. The summed E-state index contributed by atoms with van der Waals surface area (Å²) in [7, 11) is 4.82. The van der Waals surface area contributed by atoms with Crippen molar-refractivity contribution < 1.29 is 19.4 Å². The van der Waals surface area contributed by atoms with E-state index in [1.807, 2.05) is 50.2 Å². The molecule has 2 N–H and O–H groups in total. The molecule has 1 atom stereocenters. The standard InChI is InChI=1S/C24H30N4O4/c1-15-10-17-11-20(31-4)21(32-5)12-19(17)22(26-28(15)23(29)25-3)16-6-8-18(9-7-16)27-13-24(2,30)14-27/h6-9,11-12,15,30H,10,13-14H2,1-5H3,(H,25,29)/t15-/m1/s1. The first-order chi connectivity index (χ1) is 15.3. The number of hydrogen-bond acceptors (Lipinski definition) is 6. The van der Waals surface area contributed by atoms with E-state index < -0.39 is 5.60 Å². The molecule has 2 heterocycles. The number of amides is 2. The monoisotopic (exact) mass is 438 g/mol. The van der Waals surface area contributed by atoms with Crippen LogP contribution in [0.1, 0.15) is 30.5 Å². The van der Waals surface area contributed by atoms with Crippen molar-refractivity contribution in [1.29, 1.82) is 0 Å². The predicted molar refractivity (Wildman–Crippen MR) is 124 cm³/mol. The zero-order valence-corrected chi connectivity index (χ0v) is 19.2. The Kier molecular flexibility index (Phi) is 5.73. The van der Waals surface area contributed by atoms with E-state index in [2.05, 4.69) is 10.2 Å². The zero-order valence-electron chi connectivity index (χ0n) is 19.2. The second-order valence-corrected chi connectivity index (χ2v) is 8.67. The van der Waals surface area contributed by atoms with Gasteiger partial charge in [-0.2, -0.15) is 5.10 Å². The number of carbonyl (C=O) groups is 1. The Balaban J connectivity index is 1.79. The first-order valence-corrected chi connectivity index (χ1v) is 10.7. The van der Waals surface area contributed by atoms with Gasteiger partial charge in [0.2, 0.25) is 0 Å². The summed E-state index contributed by atoms with van der Waals surface area (Å²) in [5.41, 5.74) is 3.92. The van der Waals surface area contributed by atoms with Gasteiger partial charge in [-0.25, -0.2) is 9.80 Å². The lowest BCUT2D eigenvalue weighted by atomic mass is 9.93. The Morgan fingerprint density at radius 1 is 1.16 bits per heavy atom. The van der Waals surface area contributed by atoms with Crippen LogP contribution in [0.4, 0.5) is 10.5 Å². The molecule has 2 aliphatic heterocycles. The summed E-state index contributed by atoms with van der Waals surface area (Å²) >= 11 is 0. The van der Waals surface area contributed by atoms with Crippen LogP contribution in [-0.4, -0.2) is 67.9 Å². The van der Waals surface area contributed by atoms with Crippen molar-refractivity contribution in [2.45, 2.75) is 31.9 Å². The molecule has 4 rings (SSSR count). The number of benzene rings is 2. The number of hydrogen-bond donors (Lipinski definition) is 2. The van der Waals surface area contributed by atoms with Crippen molar-refractivity contribution in [3.8, 4) is 11.5 Å². The number of aliphatic hydroxyl groups is 1. The third-order valence-electron chi connectivity index (χ3n) is 6.00. The fourth-order valence-corrected chi connectivity index (χ4v) is 4.34. The number of β-amino-alcohol motifs (C(OH)–C–C–N with tert-alkyl or cyclic N) is 1. The molecule has 0 radical (unpaired) electrons. The van der Waals surface area contributed by atoms with E-state index >= 15 is 0 Å². The molecule has 2 amide bonds. The van der Waals surface area contributed by atoms with Crippen LogP contribution in [0.2, 0.25) is 0 Å². The third kappa shape index (κ3) is 3.98. The van der Waals surface area contributed by atoms with E-state index in [1.165, 1.54) is 5.01 Å². The molecule has 0 bridgehead atoms. The minimum absolute atomic E-state index is 0.146. The van der Waals surface area contributed by atoms with Crippen LogP contribution in [0.3, 0.4) is 0 Å².